The van der Waals surface area contributed by atoms with E-state index in [-0.39, 0.29) is 17.7 Å². The number of hydrogen-bond donors (Lipinski definition) is 1. The Morgan fingerprint density at radius 3 is 2.33 bits per heavy atom. The molecule has 4 aromatic rings. The molecule has 4 heterocycles. The Hall–Kier alpha value is -4.64. The molecular weight excluding hydrogens is 568 g/mol. The van der Waals surface area contributed by atoms with Gasteiger partial charge in [-0.15, -0.1) is 0 Å². The van der Waals surface area contributed by atoms with Crippen molar-refractivity contribution in [1.29, 1.82) is 0 Å². The normalized spacial score (nSPS) is 17.9. The molecular formula is C34H42N8O3. The third-order valence-corrected chi connectivity index (χ3v) is 8.45. The average Bonchev–Trinajstić information content (AvgIpc) is 3.03. The van der Waals surface area contributed by atoms with Crippen molar-refractivity contribution in [2.45, 2.75) is 32.4 Å². The maximum Gasteiger partial charge on any atom is 0.410 e. The summed E-state index contributed by atoms with van der Waals surface area (Å²) in [5.41, 5.74) is 3.43. The number of rotatable bonds is 5. The Labute approximate surface area is 264 Å². The summed E-state index contributed by atoms with van der Waals surface area (Å²) in [5, 5.41) is 4.05. The van der Waals surface area contributed by atoms with E-state index < -0.39 is 5.60 Å². The van der Waals surface area contributed by atoms with Gasteiger partial charge in [-0.2, -0.15) is 4.98 Å². The summed E-state index contributed by atoms with van der Waals surface area (Å²) in [5.74, 6) is 0.422. The molecule has 1 N–H and O–H groups in total. The molecule has 2 aromatic carbocycles. The summed E-state index contributed by atoms with van der Waals surface area (Å²) in [7, 11) is 3.89. The number of piperazine rings is 2. The smallest absolute Gasteiger partial charge is 0.410 e. The van der Waals surface area contributed by atoms with Gasteiger partial charge in [-0.25, -0.2) is 9.78 Å². The van der Waals surface area contributed by atoms with E-state index in [1.165, 1.54) is 5.69 Å². The minimum Gasteiger partial charge on any atom is -0.444 e. The molecule has 11 nitrogen and oxygen atoms in total. The van der Waals surface area contributed by atoms with Gasteiger partial charge in [0.05, 0.1) is 6.04 Å². The number of amides is 1. The first-order valence-corrected chi connectivity index (χ1v) is 15.5. The number of anilines is 4. The summed E-state index contributed by atoms with van der Waals surface area (Å²) < 4.78 is 7.25. The van der Waals surface area contributed by atoms with Crippen molar-refractivity contribution in [2.24, 2.45) is 7.05 Å². The number of pyridine rings is 1. The second kappa shape index (κ2) is 12.4. The largest absolute Gasteiger partial charge is 0.444 e. The van der Waals surface area contributed by atoms with Crippen LogP contribution in [0.1, 0.15) is 32.4 Å². The first-order chi connectivity index (χ1) is 21.6. The molecule has 2 saturated heterocycles. The van der Waals surface area contributed by atoms with E-state index in [0.29, 0.717) is 36.9 Å². The highest BCUT2D eigenvalue weighted by Gasteiger charge is 2.34. The minimum absolute atomic E-state index is 0.157. The SMILES string of the molecule is CN1CCN(c2ccc(Nc3ncc4cc(N5CCN(C(=O)OC(C)(C)C)CC5c5ccccc5)c(=O)n(C)c4n3)cc2)CC1. The topological polar surface area (TPSA) is 99.1 Å². The predicted octanol–water partition coefficient (Wildman–Crippen LogP) is 4.62. The predicted molar refractivity (Wildman–Crippen MR) is 179 cm³/mol. The van der Waals surface area contributed by atoms with Gasteiger partial charge in [-0.05, 0) is 63.7 Å². The van der Waals surface area contributed by atoms with E-state index in [9.17, 15) is 9.59 Å². The molecule has 1 atom stereocenters. The third kappa shape index (κ3) is 6.73. The number of carbonyl (C=O) groups excluding carboxylic acids is 1. The number of benzene rings is 2. The zero-order valence-electron chi connectivity index (χ0n) is 26.7. The van der Waals surface area contributed by atoms with Crippen molar-refractivity contribution in [1.82, 2.24) is 24.3 Å². The van der Waals surface area contributed by atoms with Gasteiger partial charge in [0.2, 0.25) is 5.95 Å². The van der Waals surface area contributed by atoms with Crippen LogP contribution in [-0.4, -0.2) is 88.9 Å². The van der Waals surface area contributed by atoms with Gasteiger partial charge < -0.3 is 29.7 Å². The zero-order chi connectivity index (χ0) is 31.7. The van der Waals surface area contributed by atoms with Gasteiger partial charge in [0.15, 0.2) is 0 Å². The van der Waals surface area contributed by atoms with Crippen LogP contribution in [-0.2, 0) is 11.8 Å². The summed E-state index contributed by atoms with van der Waals surface area (Å²) in [6.45, 7) is 11.0. The maximum atomic E-state index is 13.9. The van der Waals surface area contributed by atoms with Gasteiger partial charge in [0.25, 0.3) is 5.56 Å². The minimum atomic E-state index is -0.591. The molecule has 0 saturated carbocycles. The van der Waals surface area contributed by atoms with Crippen LogP contribution >= 0.6 is 0 Å². The highest BCUT2D eigenvalue weighted by atomic mass is 16.6. The standard InChI is InChI=1S/C34H42N8O3/c1-34(2,3)45-33(44)41-19-20-42(29(23-41)24-9-7-6-8-10-24)28-21-25-22-35-32(37-30(25)39(5)31(28)43)36-26-11-13-27(14-12-26)40-17-15-38(4)16-18-40/h6-14,21-22,29H,15-20,23H2,1-5H3,(H,35,36,37). The highest BCUT2D eigenvalue weighted by Crippen LogP contribution is 2.31. The van der Waals surface area contributed by atoms with Crippen LogP contribution in [0.2, 0.25) is 0 Å². The molecule has 6 rings (SSSR count). The number of fused-ring (bicyclic) bond motifs is 1. The van der Waals surface area contributed by atoms with Crippen molar-refractivity contribution in [2.75, 3.05) is 68.0 Å². The second-order valence-electron chi connectivity index (χ2n) is 12.9. The van der Waals surface area contributed by atoms with Crippen molar-refractivity contribution >= 4 is 40.1 Å². The van der Waals surface area contributed by atoms with Crippen LogP contribution in [0.4, 0.5) is 27.8 Å². The number of aryl methyl sites for hydroxylation is 1. The summed E-state index contributed by atoms with van der Waals surface area (Å²) in [4.78, 5) is 44.7. The van der Waals surface area contributed by atoms with Crippen molar-refractivity contribution in [3.8, 4) is 0 Å². The van der Waals surface area contributed by atoms with Crippen molar-refractivity contribution in [3.05, 3.63) is 82.8 Å². The molecule has 2 fully saturated rings. The van der Waals surface area contributed by atoms with Gasteiger partial charge in [0, 0.05) is 75.8 Å². The number of nitrogens with zero attached hydrogens (tertiary/aromatic N) is 7. The van der Waals surface area contributed by atoms with Gasteiger partial charge in [0.1, 0.15) is 16.9 Å². The van der Waals surface area contributed by atoms with E-state index in [1.807, 2.05) is 69.3 Å². The Morgan fingerprint density at radius 2 is 1.64 bits per heavy atom. The summed E-state index contributed by atoms with van der Waals surface area (Å²) in [6, 6.07) is 19.9. The van der Waals surface area contributed by atoms with Gasteiger partial charge in [-0.3, -0.25) is 9.36 Å². The number of likely N-dealkylation sites (N-methyl/N-ethyl adjacent to an activating group) is 1. The average molecular weight is 611 g/mol. The first-order valence-electron chi connectivity index (χ1n) is 15.5. The number of nitrogens with one attached hydrogen (secondary N) is 1. The third-order valence-electron chi connectivity index (χ3n) is 8.45. The fraction of sp³-hybridized carbons (Fsp3) is 0.412. The van der Waals surface area contributed by atoms with Crippen molar-refractivity contribution in [3.63, 3.8) is 0 Å². The monoisotopic (exact) mass is 610 g/mol. The molecule has 0 aliphatic carbocycles. The van der Waals surface area contributed by atoms with Crippen LogP contribution in [0.3, 0.4) is 0 Å². The Kier molecular flexibility index (Phi) is 8.37. The van der Waals surface area contributed by atoms with Crippen LogP contribution in [0.5, 0.6) is 0 Å². The van der Waals surface area contributed by atoms with Gasteiger partial charge >= 0.3 is 6.09 Å². The first kappa shape index (κ1) is 30.4. The molecule has 45 heavy (non-hydrogen) atoms. The lowest BCUT2D eigenvalue weighted by atomic mass is 10.0. The van der Waals surface area contributed by atoms with Crippen LogP contribution in [0.15, 0.2) is 71.7 Å². The van der Waals surface area contributed by atoms with E-state index >= 15 is 0 Å². The molecule has 2 aliphatic rings. The zero-order valence-corrected chi connectivity index (χ0v) is 26.7. The summed E-state index contributed by atoms with van der Waals surface area (Å²) in [6.07, 6.45) is 1.40. The molecule has 1 amide bonds. The fourth-order valence-electron chi connectivity index (χ4n) is 5.97. The van der Waals surface area contributed by atoms with E-state index in [2.05, 4.69) is 44.2 Å². The van der Waals surface area contributed by atoms with Crippen LogP contribution in [0.25, 0.3) is 11.0 Å². The van der Waals surface area contributed by atoms with E-state index in [1.54, 1.807) is 22.7 Å². The number of hydrogen-bond acceptors (Lipinski definition) is 9. The van der Waals surface area contributed by atoms with Gasteiger partial charge in [-0.1, -0.05) is 30.3 Å². The van der Waals surface area contributed by atoms with Crippen molar-refractivity contribution < 1.29 is 9.53 Å². The molecule has 2 aliphatic heterocycles. The van der Waals surface area contributed by atoms with Crippen LogP contribution in [0, 0.1) is 0 Å². The number of aromatic nitrogens is 3. The molecule has 236 valence electrons. The molecule has 2 aromatic heterocycles. The van der Waals surface area contributed by atoms with E-state index in [4.69, 9.17) is 9.72 Å². The lowest BCUT2D eigenvalue weighted by molar-refractivity contribution is 0.0214. The highest BCUT2D eigenvalue weighted by molar-refractivity contribution is 5.80. The Bertz CT molecular complexity index is 1710. The summed E-state index contributed by atoms with van der Waals surface area (Å²) >= 11 is 0. The Morgan fingerprint density at radius 1 is 0.933 bits per heavy atom. The molecule has 1 unspecified atom stereocenters. The lowest BCUT2D eigenvalue weighted by Crippen LogP contribution is -2.52. The molecule has 0 spiro atoms. The van der Waals surface area contributed by atoms with Crippen LogP contribution < -0.4 is 20.7 Å². The molecule has 0 radical (unpaired) electrons. The molecule has 0 bridgehead atoms. The number of ether oxygens (including phenoxy) is 1. The Balaban J connectivity index is 1.25. The molecule has 11 heteroatoms. The quantitative estimate of drug-likeness (QED) is 0.347. The fourth-order valence-corrected chi connectivity index (χ4v) is 5.97. The lowest BCUT2D eigenvalue weighted by Gasteiger charge is -2.42. The number of carbonyl (C=O) groups is 1. The maximum absolute atomic E-state index is 13.9. The van der Waals surface area contributed by atoms with E-state index in [0.717, 1.165) is 42.8 Å². The second-order valence-corrected chi connectivity index (χ2v) is 12.9.